The first-order valence-electron chi connectivity index (χ1n) is 6.94. The van der Waals surface area contributed by atoms with Crippen LogP contribution in [0.25, 0.3) is 0 Å². The minimum atomic E-state index is -0.340. The summed E-state index contributed by atoms with van der Waals surface area (Å²) in [7, 11) is 1.73. The van der Waals surface area contributed by atoms with Gasteiger partial charge in [0.1, 0.15) is 5.76 Å². The van der Waals surface area contributed by atoms with E-state index in [-0.39, 0.29) is 36.0 Å². The summed E-state index contributed by atoms with van der Waals surface area (Å²) >= 11 is 0. The van der Waals surface area contributed by atoms with Crippen molar-refractivity contribution in [1.29, 1.82) is 0 Å². The smallest absolute Gasteiger partial charge is 0.273 e. The maximum atomic E-state index is 12.3. The quantitative estimate of drug-likeness (QED) is 0.916. The van der Waals surface area contributed by atoms with Gasteiger partial charge < -0.3 is 14.6 Å². The second kappa shape index (κ2) is 5.59. The number of likely N-dealkylation sites (N-methyl/N-ethyl adjacent to an activating group) is 1. The van der Waals surface area contributed by atoms with Gasteiger partial charge in [-0.15, -0.1) is 0 Å². The summed E-state index contributed by atoms with van der Waals surface area (Å²) in [5.74, 6) is 0.0948. The van der Waals surface area contributed by atoms with E-state index in [2.05, 4.69) is 15.3 Å². The van der Waals surface area contributed by atoms with Crippen molar-refractivity contribution in [3.63, 3.8) is 0 Å². The fraction of sp³-hybridized carbons (Fsp3) is 0.333. The topological polar surface area (TPSA) is 88.3 Å². The van der Waals surface area contributed by atoms with Gasteiger partial charge in [0, 0.05) is 25.9 Å². The van der Waals surface area contributed by atoms with Crippen molar-refractivity contribution < 1.29 is 14.0 Å². The fourth-order valence-electron chi connectivity index (χ4n) is 2.77. The van der Waals surface area contributed by atoms with Crippen LogP contribution in [0.2, 0.25) is 0 Å². The number of amides is 2. The molecule has 22 heavy (non-hydrogen) atoms. The molecule has 2 aromatic rings. The van der Waals surface area contributed by atoms with Crippen LogP contribution in [0.15, 0.2) is 35.3 Å². The highest BCUT2D eigenvalue weighted by atomic mass is 16.3. The van der Waals surface area contributed by atoms with Crippen LogP contribution in [0.1, 0.15) is 34.3 Å². The van der Waals surface area contributed by atoms with Gasteiger partial charge in [-0.2, -0.15) is 0 Å². The molecule has 1 saturated heterocycles. The normalized spacial score (nSPS) is 21.2. The van der Waals surface area contributed by atoms with E-state index in [1.54, 1.807) is 31.3 Å². The molecule has 0 saturated carbocycles. The number of rotatable bonds is 3. The van der Waals surface area contributed by atoms with Crippen molar-refractivity contribution in [3.05, 3.63) is 47.9 Å². The molecule has 0 spiro atoms. The second-order valence-corrected chi connectivity index (χ2v) is 5.28. The zero-order chi connectivity index (χ0) is 15.7. The van der Waals surface area contributed by atoms with Crippen LogP contribution in [0.4, 0.5) is 0 Å². The van der Waals surface area contributed by atoms with E-state index in [1.807, 2.05) is 12.1 Å². The Labute approximate surface area is 127 Å². The Bertz CT molecular complexity index is 698. The van der Waals surface area contributed by atoms with E-state index < -0.39 is 0 Å². The summed E-state index contributed by atoms with van der Waals surface area (Å²) in [6, 6.07) is 3.14. The minimum absolute atomic E-state index is 0.0176. The van der Waals surface area contributed by atoms with Crippen molar-refractivity contribution in [2.75, 3.05) is 7.05 Å². The van der Waals surface area contributed by atoms with Gasteiger partial charge in [0.2, 0.25) is 5.91 Å². The predicted molar refractivity (Wildman–Crippen MR) is 76.9 cm³/mol. The molecule has 2 aromatic heterocycles. The maximum Gasteiger partial charge on any atom is 0.273 e. The fourth-order valence-corrected chi connectivity index (χ4v) is 2.77. The van der Waals surface area contributed by atoms with Gasteiger partial charge in [-0.05, 0) is 18.6 Å². The third-order valence-electron chi connectivity index (χ3n) is 3.89. The molecule has 1 aliphatic rings. The Hall–Kier alpha value is -2.70. The van der Waals surface area contributed by atoms with Crippen LogP contribution in [0.5, 0.6) is 0 Å². The predicted octanol–water partition coefficient (Wildman–Crippen LogP) is 1.08. The number of nitrogens with zero attached hydrogens (tertiary/aromatic N) is 3. The number of hydrogen-bond acceptors (Lipinski definition) is 5. The highest BCUT2D eigenvalue weighted by Crippen LogP contribution is 2.31. The molecule has 0 aliphatic carbocycles. The van der Waals surface area contributed by atoms with Crippen molar-refractivity contribution in [1.82, 2.24) is 20.2 Å². The first-order valence-corrected chi connectivity index (χ1v) is 6.94. The van der Waals surface area contributed by atoms with Crippen LogP contribution in [0, 0.1) is 6.92 Å². The molecule has 1 aliphatic heterocycles. The lowest BCUT2D eigenvalue weighted by Gasteiger charge is -2.25. The summed E-state index contributed by atoms with van der Waals surface area (Å²) < 4.78 is 5.04. The van der Waals surface area contributed by atoms with Crippen molar-refractivity contribution in [3.8, 4) is 0 Å². The molecule has 1 fully saturated rings. The number of hydrogen-bond donors (Lipinski definition) is 1. The molecule has 2 atom stereocenters. The lowest BCUT2D eigenvalue weighted by atomic mass is 10.0. The zero-order valence-corrected chi connectivity index (χ0v) is 12.3. The van der Waals surface area contributed by atoms with Gasteiger partial charge in [0.15, 0.2) is 12.1 Å². The highest BCUT2D eigenvalue weighted by Gasteiger charge is 2.39. The third kappa shape index (κ3) is 2.45. The molecule has 3 heterocycles. The van der Waals surface area contributed by atoms with E-state index in [0.29, 0.717) is 5.76 Å². The lowest BCUT2D eigenvalue weighted by Crippen LogP contribution is -2.39. The Morgan fingerprint density at radius 1 is 1.50 bits per heavy atom. The molecule has 3 rings (SSSR count). The summed E-state index contributed by atoms with van der Waals surface area (Å²) in [5, 5.41) is 2.88. The van der Waals surface area contributed by atoms with Crippen LogP contribution in [-0.4, -0.2) is 39.8 Å². The molecule has 0 radical (unpaired) electrons. The average Bonchev–Trinajstić information content (AvgIpc) is 3.05. The van der Waals surface area contributed by atoms with E-state index in [1.165, 1.54) is 6.39 Å². The monoisotopic (exact) mass is 300 g/mol. The number of aryl methyl sites for hydroxylation is 1. The summed E-state index contributed by atoms with van der Waals surface area (Å²) in [6.45, 7) is 1.67. The molecular weight excluding hydrogens is 284 g/mol. The number of nitrogens with one attached hydrogen (secondary N) is 1. The maximum absolute atomic E-state index is 12.3. The molecule has 0 unspecified atom stereocenters. The van der Waals surface area contributed by atoms with Crippen molar-refractivity contribution >= 4 is 11.8 Å². The van der Waals surface area contributed by atoms with Crippen LogP contribution < -0.4 is 5.32 Å². The number of carbonyl (C=O) groups excluding carboxylic acids is 2. The first kappa shape index (κ1) is 14.2. The zero-order valence-electron chi connectivity index (χ0n) is 12.3. The van der Waals surface area contributed by atoms with Gasteiger partial charge in [-0.3, -0.25) is 14.6 Å². The number of pyridine rings is 1. The highest BCUT2D eigenvalue weighted by molar-refractivity contribution is 5.94. The summed E-state index contributed by atoms with van der Waals surface area (Å²) in [6.07, 6.45) is 4.86. The minimum Gasteiger partial charge on any atom is -0.448 e. The molecule has 0 bridgehead atoms. The van der Waals surface area contributed by atoms with E-state index in [0.717, 1.165) is 5.56 Å². The number of likely N-dealkylation sites (tertiary alicyclic amines) is 1. The molecule has 7 nitrogen and oxygen atoms in total. The van der Waals surface area contributed by atoms with Crippen LogP contribution in [0.3, 0.4) is 0 Å². The van der Waals surface area contributed by atoms with Gasteiger partial charge >= 0.3 is 0 Å². The van der Waals surface area contributed by atoms with Crippen LogP contribution in [-0.2, 0) is 4.79 Å². The van der Waals surface area contributed by atoms with Crippen molar-refractivity contribution in [2.24, 2.45) is 0 Å². The standard InChI is InChI=1S/C15H16N4O3/c1-9-13(17-8-22-9)15(21)18-11-6-12(20)19(2)14(11)10-4-3-5-16-7-10/h3-5,7-8,11,14H,6H2,1-2H3,(H,18,21)/t11-,14+/m1/s1. The summed E-state index contributed by atoms with van der Waals surface area (Å²) in [5.41, 5.74) is 1.13. The van der Waals surface area contributed by atoms with Gasteiger partial charge in [-0.25, -0.2) is 4.98 Å². The van der Waals surface area contributed by atoms with Gasteiger partial charge in [0.05, 0.1) is 12.1 Å². The van der Waals surface area contributed by atoms with E-state index >= 15 is 0 Å². The number of carbonyl (C=O) groups is 2. The van der Waals surface area contributed by atoms with Crippen molar-refractivity contribution in [2.45, 2.75) is 25.4 Å². The largest absolute Gasteiger partial charge is 0.448 e. The molecule has 1 N–H and O–H groups in total. The first-order chi connectivity index (χ1) is 10.6. The lowest BCUT2D eigenvalue weighted by molar-refractivity contribution is -0.127. The Balaban J connectivity index is 1.84. The molecule has 0 aromatic carbocycles. The Morgan fingerprint density at radius 2 is 2.32 bits per heavy atom. The number of aromatic nitrogens is 2. The van der Waals surface area contributed by atoms with E-state index in [9.17, 15) is 9.59 Å². The molecule has 114 valence electrons. The molecule has 2 amide bonds. The second-order valence-electron chi connectivity index (χ2n) is 5.28. The third-order valence-corrected chi connectivity index (χ3v) is 3.89. The van der Waals surface area contributed by atoms with Gasteiger partial charge in [-0.1, -0.05) is 6.07 Å². The average molecular weight is 300 g/mol. The Morgan fingerprint density at radius 3 is 2.95 bits per heavy atom. The Kier molecular flexibility index (Phi) is 3.62. The van der Waals surface area contributed by atoms with Gasteiger partial charge in [0.25, 0.3) is 5.91 Å². The SMILES string of the molecule is Cc1ocnc1C(=O)N[C@@H]1CC(=O)N(C)[C@H]1c1cccnc1. The van der Waals surface area contributed by atoms with E-state index in [4.69, 9.17) is 4.42 Å². The molecule has 7 heteroatoms. The van der Waals surface area contributed by atoms with Crippen LogP contribution >= 0.6 is 0 Å². The molecular formula is C15H16N4O3. The number of oxazole rings is 1. The summed E-state index contributed by atoms with van der Waals surface area (Å²) in [4.78, 5) is 33.9.